The molecule has 0 aliphatic rings. The van der Waals surface area contributed by atoms with E-state index in [9.17, 15) is 4.79 Å². The number of halogens is 2. The number of benzene rings is 1. The molecule has 0 radical (unpaired) electrons. The van der Waals surface area contributed by atoms with Gasteiger partial charge in [0.05, 0.1) is 10.7 Å². The van der Waals surface area contributed by atoms with E-state index in [4.69, 9.17) is 28.9 Å². The van der Waals surface area contributed by atoms with Gasteiger partial charge in [-0.05, 0) is 43.0 Å². The van der Waals surface area contributed by atoms with E-state index in [0.29, 0.717) is 34.6 Å². The molecule has 0 saturated heterocycles. The van der Waals surface area contributed by atoms with Crippen molar-refractivity contribution in [2.45, 2.75) is 26.7 Å². The lowest BCUT2D eigenvalue weighted by atomic mass is 9.94. The summed E-state index contributed by atoms with van der Waals surface area (Å²) in [5, 5.41) is 3.77. The molecule has 0 spiro atoms. The first-order valence-electron chi connectivity index (χ1n) is 6.37. The van der Waals surface area contributed by atoms with Crippen LogP contribution in [0, 0.1) is 11.8 Å². The molecule has 5 heteroatoms. The fraction of sp³-hybridized carbons (Fsp3) is 0.500. The van der Waals surface area contributed by atoms with Gasteiger partial charge in [-0.25, -0.2) is 0 Å². The first-order chi connectivity index (χ1) is 8.92. The molecule has 0 fully saturated rings. The molecule has 0 aliphatic carbocycles. The van der Waals surface area contributed by atoms with Crippen molar-refractivity contribution >= 4 is 34.8 Å². The molecule has 1 rings (SSSR count). The van der Waals surface area contributed by atoms with E-state index < -0.39 is 0 Å². The predicted molar refractivity (Wildman–Crippen MR) is 81.7 cm³/mol. The number of hydrogen-bond acceptors (Lipinski definition) is 2. The van der Waals surface area contributed by atoms with Crippen molar-refractivity contribution in [1.29, 1.82) is 0 Å². The quantitative estimate of drug-likeness (QED) is 0.836. The van der Waals surface area contributed by atoms with Crippen LogP contribution in [0.1, 0.15) is 26.7 Å². The smallest absolute Gasteiger partial charge is 0.224 e. The molecule has 1 aromatic carbocycles. The van der Waals surface area contributed by atoms with E-state index in [1.807, 2.05) is 0 Å². The molecule has 0 bridgehead atoms. The molecular weight excluding hydrogens is 283 g/mol. The summed E-state index contributed by atoms with van der Waals surface area (Å²) in [7, 11) is 0. The first-order valence-corrected chi connectivity index (χ1v) is 7.13. The minimum atomic E-state index is -0.0691. The Kier molecular flexibility index (Phi) is 6.63. The van der Waals surface area contributed by atoms with Crippen LogP contribution in [0.5, 0.6) is 0 Å². The summed E-state index contributed by atoms with van der Waals surface area (Å²) in [6.45, 7) is 4.76. The van der Waals surface area contributed by atoms with Crippen LogP contribution in [-0.2, 0) is 4.79 Å². The summed E-state index contributed by atoms with van der Waals surface area (Å²) < 4.78 is 0. The Labute approximate surface area is 124 Å². The molecule has 19 heavy (non-hydrogen) atoms. The Hall–Kier alpha value is -0.770. The van der Waals surface area contributed by atoms with E-state index >= 15 is 0 Å². The normalized spacial score (nSPS) is 12.5. The second-order valence-corrected chi connectivity index (χ2v) is 5.95. The van der Waals surface area contributed by atoms with Gasteiger partial charge < -0.3 is 11.1 Å². The van der Waals surface area contributed by atoms with Gasteiger partial charge in [-0.1, -0.05) is 37.0 Å². The highest BCUT2D eigenvalue weighted by Gasteiger charge is 2.15. The highest BCUT2D eigenvalue weighted by molar-refractivity contribution is 6.36. The molecule has 3 nitrogen and oxygen atoms in total. The molecule has 0 aliphatic heterocycles. The third-order valence-corrected chi connectivity index (χ3v) is 3.37. The van der Waals surface area contributed by atoms with Gasteiger partial charge in [0, 0.05) is 11.4 Å². The van der Waals surface area contributed by atoms with Gasteiger partial charge in [0.1, 0.15) is 0 Å². The third-order valence-electron chi connectivity index (χ3n) is 2.82. The Balaban J connectivity index is 2.59. The van der Waals surface area contributed by atoms with Crippen LogP contribution in [0.3, 0.4) is 0 Å². The van der Waals surface area contributed by atoms with E-state index in [2.05, 4.69) is 19.2 Å². The molecule has 3 N–H and O–H groups in total. The summed E-state index contributed by atoms with van der Waals surface area (Å²) in [6, 6.07) is 4.99. The SMILES string of the molecule is CC(C)CC(CN)CC(=O)Nc1ccc(Cl)cc1Cl. The Bertz CT molecular complexity index is 435. The van der Waals surface area contributed by atoms with Crippen molar-refractivity contribution in [3.8, 4) is 0 Å². The van der Waals surface area contributed by atoms with E-state index in [1.165, 1.54) is 0 Å². The number of rotatable bonds is 6. The topological polar surface area (TPSA) is 55.1 Å². The van der Waals surface area contributed by atoms with E-state index in [-0.39, 0.29) is 11.8 Å². The largest absolute Gasteiger partial charge is 0.330 e. The number of amides is 1. The zero-order chi connectivity index (χ0) is 14.4. The fourth-order valence-corrected chi connectivity index (χ4v) is 2.44. The van der Waals surface area contributed by atoms with Crippen molar-refractivity contribution in [3.63, 3.8) is 0 Å². The monoisotopic (exact) mass is 302 g/mol. The Morgan fingerprint density at radius 1 is 1.37 bits per heavy atom. The van der Waals surface area contributed by atoms with Gasteiger partial charge in [0.25, 0.3) is 0 Å². The van der Waals surface area contributed by atoms with Crippen molar-refractivity contribution in [3.05, 3.63) is 28.2 Å². The maximum atomic E-state index is 11.9. The fourth-order valence-electron chi connectivity index (χ4n) is 1.98. The maximum absolute atomic E-state index is 11.9. The zero-order valence-corrected chi connectivity index (χ0v) is 12.8. The second kappa shape index (κ2) is 7.73. The number of carbonyl (C=O) groups is 1. The molecule has 1 unspecified atom stereocenters. The molecule has 1 aromatic rings. The van der Waals surface area contributed by atoms with Gasteiger partial charge in [-0.15, -0.1) is 0 Å². The van der Waals surface area contributed by atoms with Crippen molar-refractivity contribution < 1.29 is 4.79 Å². The lowest BCUT2D eigenvalue weighted by molar-refractivity contribution is -0.117. The molecular formula is C14H20Cl2N2O. The van der Waals surface area contributed by atoms with Gasteiger partial charge in [0.15, 0.2) is 0 Å². The summed E-state index contributed by atoms with van der Waals surface area (Å²) in [6.07, 6.45) is 1.35. The molecule has 0 heterocycles. The number of hydrogen-bond donors (Lipinski definition) is 2. The number of nitrogens with one attached hydrogen (secondary N) is 1. The minimum absolute atomic E-state index is 0.0691. The third kappa shape index (κ3) is 5.81. The van der Waals surface area contributed by atoms with Crippen LogP contribution in [0.4, 0.5) is 5.69 Å². The Morgan fingerprint density at radius 3 is 2.58 bits per heavy atom. The van der Waals surface area contributed by atoms with Crippen LogP contribution in [-0.4, -0.2) is 12.5 Å². The van der Waals surface area contributed by atoms with Gasteiger partial charge in [0.2, 0.25) is 5.91 Å². The number of nitrogens with two attached hydrogens (primary N) is 1. The highest BCUT2D eigenvalue weighted by atomic mass is 35.5. The maximum Gasteiger partial charge on any atom is 0.224 e. The minimum Gasteiger partial charge on any atom is -0.330 e. The van der Waals surface area contributed by atoms with E-state index in [0.717, 1.165) is 6.42 Å². The summed E-state index contributed by atoms with van der Waals surface area (Å²) >= 11 is 11.8. The van der Waals surface area contributed by atoms with Crippen LogP contribution in [0.2, 0.25) is 10.0 Å². The van der Waals surface area contributed by atoms with Crippen LogP contribution < -0.4 is 11.1 Å². The lowest BCUT2D eigenvalue weighted by Crippen LogP contribution is -2.23. The average molecular weight is 303 g/mol. The van der Waals surface area contributed by atoms with Gasteiger partial charge in [-0.2, -0.15) is 0 Å². The first kappa shape index (κ1) is 16.3. The molecule has 1 atom stereocenters. The van der Waals surface area contributed by atoms with Crippen molar-refractivity contribution in [1.82, 2.24) is 0 Å². The highest BCUT2D eigenvalue weighted by Crippen LogP contribution is 2.26. The van der Waals surface area contributed by atoms with Crippen LogP contribution >= 0.6 is 23.2 Å². The molecule has 106 valence electrons. The molecule has 0 aromatic heterocycles. The summed E-state index contributed by atoms with van der Waals surface area (Å²) in [5.41, 5.74) is 6.27. The van der Waals surface area contributed by atoms with E-state index in [1.54, 1.807) is 18.2 Å². The van der Waals surface area contributed by atoms with Crippen LogP contribution in [0.25, 0.3) is 0 Å². The number of carbonyl (C=O) groups excluding carboxylic acids is 1. The summed E-state index contributed by atoms with van der Waals surface area (Å²) in [5.74, 6) is 0.659. The van der Waals surface area contributed by atoms with Gasteiger partial charge in [-0.3, -0.25) is 4.79 Å². The average Bonchev–Trinajstić information content (AvgIpc) is 2.31. The lowest BCUT2D eigenvalue weighted by Gasteiger charge is -2.16. The van der Waals surface area contributed by atoms with Crippen molar-refractivity contribution in [2.24, 2.45) is 17.6 Å². The standard InChI is InChI=1S/C14H20Cl2N2O/c1-9(2)5-10(8-17)6-14(19)18-13-4-3-11(15)7-12(13)16/h3-4,7,9-10H,5-6,8,17H2,1-2H3,(H,18,19). The van der Waals surface area contributed by atoms with Crippen molar-refractivity contribution in [2.75, 3.05) is 11.9 Å². The molecule has 0 saturated carbocycles. The zero-order valence-electron chi connectivity index (χ0n) is 11.2. The summed E-state index contributed by atoms with van der Waals surface area (Å²) in [4.78, 5) is 11.9. The predicted octanol–water partition coefficient (Wildman–Crippen LogP) is 3.94. The van der Waals surface area contributed by atoms with Crippen LogP contribution in [0.15, 0.2) is 18.2 Å². The number of anilines is 1. The second-order valence-electron chi connectivity index (χ2n) is 5.11. The molecule has 1 amide bonds. The van der Waals surface area contributed by atoms with Gasteiger partial charge >= 0.3 is 0 Å². The Morgan fingerprint density at radius 2 is 2.05 bits per heavy atom.